The van der Waals surface area contributed by atoms with E-state index >= 15 is 0 Å². The number of amides is 1. The van der Waals surface area contributed by atoms with E-state index in [1.807, 2.05) is 0 Å². The lowest BCUT2D eigenvalue weighted by Gasteiger charge is -2.16. The quantitative estimate of drug-likeness (QED) is 0.770. The maximum atomic E-state index is 12.4. The maximum absolute atomic E-state index is 12.4. The summed E-state index contributed by atoms with van der Waals surface area (Å²) in [5.41, 5.74) is 0.571. The van der Waals surface area contributed by atoms with Crippen molar-refractivity contribution in [1.29, 1.82) is 0 Å². The lowest BCUT2D eigenvalue weighted by molar-refractivity contribution is -0.122. The molecule has 1 atom stereocenters. The molecule has 1 amide bonds. The second kappa shape index (κ2) is 8.23. The molecule has 0 saturated heterocycles. The number of halogens is 2. The molecule has 2 aromatic rings. The van der Waals surface area contributed by atoms with Crippen LogP contribution in [0.1, 0.15) is 24.2 Å². The van der Waals surface area contributed by atoms with Crippen molar-refractivity contribution < 1.29 is 27.8 Å². The van der Waals surface area contributed by atoms with Crippen LogP contribution in [0.2, 0.25) is 0 Å². The third kappa shape index (κ3) is 5.27. The Morgan fingerprint density at radius 3 is 2.44 bits per heavy atom. The highest BCUT2D eigenvalue weighted by Gasteiger charge is 2.18. The van der Waals surface area contributed by atoms with Crippen molar-refractivity contribution in [2.45, 2.75) is 26.6 Å². The van der Waals surface area contributed by atoms with Gasteiger partial charge in [0.25, 0.3) is 5.91 Å². The zero-order chi connectivity index (χ0) is 18.4. The Morgan fingerprint density at radius 1 is 1.04 bits per heavy atom. The first-order valence-electron chi connectivity index (χ1n) is 7.49. The smallest absolute Gasteiger partial charge is 0.387 e. The molecule has 0 aromatic heterocycles. The predicted molar refractivity (Wildman–Crippen MR) is 88.2 cm³/mol. The summed E-state index contributed by atoms with van der Waals surface area (Å²) in [5.74, 6) is -0.455. The summed E-state index contributed by atoms with van der Waals surface area (Å²) in [6.45, 7) is -0.0669. The summed E-state index contributed by atoms with van der Waals surface area (Å²) in [6.07, 6.45) is -0.915. The van der Waals surface area contributed by atoms with Crippen LogP contribution in [0.5, 0.6) is 11.5 Å². The highest BCUT2D eigenvalue weighted by Crippen LogP contribution is 2.26. The largest absolute Gasteiger partial charge is 0.481 e. The monoisotopic (exact) mass is 349 g/mol. The van der Waals surface area contributed by atoms with Gasteiger partial charge in [-0.2, -0.15) is 8.78 Å². The number of carbonyl (C=O) groups excluding carboxylic acids is 2. The van der Waals surface area contributed by atoms with E-state index in [2.05, 4.69) is 10.1 Å². The van der Waals surface area contributed by atoms with Gasteiger partial charge in [0.1, 0.15) is 11.5 Å². The van der Waals surface area contributed by atoms with Crippen molar-refractivity contribution in [3.05, 3.63) is 54.1 Å². The molecular weight excluding hydrogens is 332 g/mol. The van der Waals surface area contributed by atoms with Gasteiger partial charge in [0.05, 0.1) is 5.69 Å². The average molecular weight is 349 g/mol. The molecule has 0 fully saturated rings. The number of ether oxygens (including phenoxy) is 2. The van der Waals surface area contributed by atoms with Gasteiger partial charge in [-0.1, -0.05) is 24.3 Å². The molecule has 0 aliphatic heterocycles. The molecule has 5 nitrogen and oxygen atoms in total. The summed E-state index contributed by atoms with van der Waals surface area (Å²) in [6, 6.07) is 12.3. The van der Waals surface area contributed by atoms with Crippen molar-refractivity contribution in [1.82, 2.24) is 0 Å². The van der Waals surface area contributed by atoms with Crippen LogP contribution in [0.4, 0.5) is 14.5 Å². The summed E-state index contributed by atoms with van der Waals surface area (Å²) in [5, 5.41) is 2.48. The van der Waals surface area contributed by atoms with Gasteiger partial charge < -0.3 is 14.8 Å². The summed E-state index contributed by atoms with van der Waals surface area (Å²) in [4.78, 5) is 23.6. The van der Waals surface area contributed by atoms with Crippen molar-refractivity contribution in [2.24, 2.45) is 0 Å². The number of nitrogens with one attached hydrogen (secondary N) is 1. The second-order valence-electron chi connectivity index (χ2n) is 5.21. The van der Waals surface area contributed by atoms with Crippen molar-refractivity contribution in [3.8, 4) is 11.5 Å². The molecule has 0 saturated carbocycles. The molecule has 7 heteroatoms. The summed E-state index contributed by atoms with van der Waals surface area (Å²) in [7, 11) is 0. The Kier molecular flexibility index (Phi) is 6.05. The Balaban J connectivity index is 2.06. The first-order valence-corrected chi connectivity index (χ1v) is 7.49. The van der Waals surface area contributed by atoms with Gasteiger partial charge in [0.2, 0.25) is 0 Å². The lowest BCUT2D eigenvalue weighted by atomic mass is 10.1. The Labute approximate surface area is 143 Å². The number of ketones is 1. The van der Waals surface area contributed by atoms with Crippen LogP contribution in [-0.4, -0.2) is 24.4 Å². The fourth-order valence-corrected chi connectivity index (χ4v) is 2.05. The van der Waals surface area contributed by atoms with Crippen LogP contribution < -0.4 is 14.8 Å². The second-order valence-corrected chi connectivity index (χ2v) is 5.21. The van der Waals surface area contributed by atoms with Crippen LogP contribution in [0.15, 0.2) is 48.5 Å². The molecule has 25 heavy (non-hydrogen) atoms. The van der Waals surface area contributed by atoms with Crippen molar-refractivity contribution >= 4 is 17.4 Å². The Bertz CT molecular complexity index is 764. The molecule has 132 valence electrons. The highest BCUT2D eigenvalue weighted by molar-refractivity contribution is 5.96. The van der Waals surface area contributed by atoms with E-state index in [0.29, 0.717) is 11.3 Å². The van der Waals surface area contributed by atoms with Crippen molar-refractivity contribution in [3.63, 3.8) is 0 Å². The number of benzene rings is 2. The minimum atomic E-state index is -3.00. The number of alkyl halides is 2. The van der Waals surface area contributed by atoms with E-state index in [-0.39, 0.29) is 17.2 Å². The number of rotatable bonds is 7. The molecule has 1 N–H and O–H groups in total. The SMILES string of the molecule is CC(=O)c1cccc(OC(C)C(=O)Nc2ccccc2OC(F)F)c1. The third-order valence-electron chi connectivity index (χ3n) is 3.28. The first kappa shape index (κ1) is 18.4. The molecule has 1 unspecified atom stereocenters. The van der Waals surface area contributed by atoms with E-state index in [0.717, 1.165) is 0 Å². The molecular formula is C18H17F2NO4. The zero-order valence-electron chi connectivity index (χ0n) is 13.7. The normalized spacial score (nSPS) is 11.7. The average Bonchev–Trinajstić information content (AvgIpc) is 2.56. The number of anilines is 1. The molecule has 0 heterocycles. The molecule has 0 aliphatic carbocycles. The predicted octanol–water partition coefficient (Wildman–Crippen LogP) is 3.90. The van der Waals surface area contributed by atoms with Crippen LogP contribution >= 0.6 is 0 Å². The van der Waals surface area contributed by atoms with Crippen LogP contribution in [0.3, 0.4) is 0 Å². The van der Waals surface area contributed by atoms with Crippen molar-refractivity contribution in [2.75, 3.05) is 5.32 Å². The van der Waals surface area contributed by atoms with E-state index < -0.39 is 18.6 Å². The van der Waals surface area contributed by atoms with E-state index in [9.17, 15) is 18.4 Å². The Hall–Kier alpha value is -2.96. The van der Waals surface area contributed by atoms with E-state index in [1.54, 1.807) is 24.3 Å². The number of para-hydroxylation sites is 2. The lowest BCUT2D eigenvalue weighted by Crippen LogP contribution is -2.30. The third-order valence-corrected chi connectivity index (χ3v) is 3.28. The highest BCUT2D eigenvalue weighted by atomic mass is 19.3. The molecule has 2 aromatic carbocycles. The fourth-order valence-electron chi connectivity index (χ4n) is 2.05. The van der Waals surface area contributed by atoms with Gasteiger partial charge in [0, 0.05) is 5.56 Å². The minimum Gasteiger partial charge on any atom is -0.481 e. The van der Waals surface area contributed by atoms with Gasteiger partial charge >= 0.3 is 6.61 Å². The maximum Gasteiger partial charge on any atom is 0.387 e. The van der Waals surface area contributed by atoms with Gasteiger partial charge in [-0.05, 0) is 38.1 Å². The summed E-state index contributed by atoms with van der Waals surface area (Å²) >= 11 is 0. The topological polar surface area (TPSA) is 64.6 Å². The summed E-state index contributed by atoms with van der Waals surface area (Å²) < 4.78 is 34.7. The van der Waals surface area contributed by atoms with E-state index in [1.165, 1.54) is 38.1 Å². The van der Waals surface area contributed by atoms with Crippen LogP contribution in [0.25, 0.3) is 0 Å². The fraction of sp³-hybridized carbons (Fsp3) is 0.222. The van der Waals surface area contributed by atoms with E-state index in [4.69, 9.17) is 4.74 Å². The number of hydrogen-bond donors (Lipinski definition) is 1. The van der Waals surface area contributed by atoms with Crippen LogP contribution in [0, 0.1) is 0 Å². The van der Waals surface area contributed by atoms with Gasteiger partial charge in [0.15, 0.2) is 11.9 Å². The molecule has 0 aliphatic rings. The van der Waals surface area contributed by atoms with Gasteiger partial charge in [-0.25, -0.2) is 0 Å². The Morgan fingerprint density at radius 2 is 1.76 bits per heavy atom. The minimum absolute atomic E-state index is 0.112. The van der Waals surface area contributed by atoms with Crippen LogP contribution in [-0.2, 0) is 4.79 Å². The zero-order valence-corrected chi connectivity index (χ0v) is 13.7. The molecule has 2 rings (SSSR count). The van der Waals surface area contributed by atoms with Gasteiger partial charge in [-0.15, -0.1) is 0 Å². The first-order chi connectivity index (χ1) is 11.9. The molecule has 0 radical (unpaired) electrons. The molecule has 0 bridgehead atoms. The van der Waals surface area contributed by atoms with Gasteiger partial charge in [-0.3, -0.25) is 9.59 Å². The number of Topliss-reactive ketones (excluding diaryl/α,β-unsaturated/α-hetero) is 1. The standard InChI is InChI=1S/C18H17F2NO4/c1-11(22)13-6-5-7-14(10-13)24-12(2)17(23)21-15-8-3-4-9-16(15)25-18(19)20/h3-10,12,18H,1-2H3,(H,21,23). The number of carbonyl (C=O) groups is 2. The number of hydrogen-bond acceptors (Lipinski definition) is 4. The molecule has 0 spiro atoms.